The van der Waals surface area contributed by atoms with Crippen molar-refractivity contribution >= 4 is 29.1 Å². The highest BCUT2D eigenvalue weighted by molar-refractivity contribution is 6.36. The molecule has 0 unspecified atom stereocenters. The lowest BCUT2D eigenvalue weighted by molar-refractivity contribution is 0.0317. The van der Waals surface area contributed by atoms with Gasteiger partial charge in [-0.1, -0.05) is 23.2 Å². The van der Waals surface area contributed by atoms with Gasteiger partial charge in [0.15, 0.2) is 0 Å². The molecule has 1 spiro atoms. The van der Waals surface area contributed by atoms with Gasteiger partial charge in [0.2, 0.25) is 0 Å². The van der Waals surface area contributed by atoms with Crippen molar-refractivity contribution in [3.8, 4) is 0 Å². The van der Waals surface area contributed by atoms with Gasteiger partial charge in [-0.15, -0.1) is 0 Å². The second-order valence-electron chi connectivity index (χ2n) is 7.59. The zero-order valence-electron chi connectivity index (χ0n) is 15.3. The van der Waals surface area contributed by atoms with Crippen LogP contribution in [0.15, 0.2) is 12.1 Å². The van der Waals surface area contributed by atoms with Crippen molar-refractivity contribution in [2.75, 3.05) is 46.8 Å². The summed E-state index contributed by atoms with van der Waals surface area (Å²) in [5, 5.41) is 1.11. The molecule has 0 aliphatic carbocycles. The standard InChI is InChI=1S/C19H27Cl2N3O/c1-14-16(20)11-15(12-17(14)21)18(25)24-8-4-7-23(3)19(13-24)5-9-22(2)10-6-19/h11-12H,4-10,13H2,1-3H3. The first-order chi connectivity index (χ1) is 11.8. The summed E-state index contributed by atoms with van der Waals surface area (Å²) in [4.78, 5) is 20.0. The van der Waals surface area contributed by atoms with E-state index in [-0.39, 0.29) is 11.4 Å². The molecular weight excluding hydrogens is 357 g/mol. The zero-order chi connectivity index (χ0) is 18.2. The van der Waals surface area contributed by atoms with Crippen LogP contribution in [0, 0.1) is 6.92 Å². The van der Waals surface area contributed by atoms with E-state index in [1.807, 2.05) is 11.8 Å². The summed E-state index contributed by atoms with van der Waals surface area (Å²) in [7, 11) is 4.38. The molecule has 138 valence electrons. The van der Waals surface area contributed by atoms with Crippen LogP contribution in [-0.2, 0) is 0 Å². The molecule has 0 saturated carbocycles. The number of hydrogen-bond donors (Lipinski definition) is 0. The van der Waals surface area contributed by atoms with Crippen molar-refractivity contribution in [2.45, 2.75) is 31.7 Å². The molecule has 2 saturated heterocycles. The van der Waals surface area contributed by atoms with Gasteiger partial charge in [0.1, 0.15) is 0 Å². The first-order valence-electron chi connectivity index (χ1n) is 8.97. The fourth-order valence-corrected chi connectivity index (χ4v) is 4.48. The van der Waals surface area contributed by atoms with Gasteiger partial charge < -0.3 is 9.80 Å². The summed E-state index contributed by atoms with van der Waals surface area (Å²) < 4.78 is 0. The number of hydrogen-bond acceptors (Lipinski definition) is 3. The van der Waals surface area contributed by atoms with E-state index in [1.54, 1.807) is 12.1 Å². The van der Waals surface area contributed by atoms with Crippen LogP contribution in [0.25, 0.3) is 0 Å². The largest absolute Gasteiger partial charge is 0.337 e. The summed E-state index contributed by atoms with van der Waals surface area (Å²) >= 11 is 12.5. The van der Waals surface area contributed by atoms with Crippen molar-refractivity contribution in [3.05, 3.63) is 33.3 Å². The molecule has 0 atom stereocenters. The molecule has 2 aliphatic rings. The van der Waals surface area contributed by atoms with Gasteiger partial charge in [-0.05, 0) is 71.1 Å². The summed E-state index contributed by atoms with van der Waals surface area (Å²) in [6.07, 6.45) is 3.19. The van der Waals surface area contributed by atoms with Crippen LogP contribution in [0.1, 0.15) is 35.2 Å². The van der Waals surface area contributed by atoms with Crippen molar-refractivity contribution < 1.29 is 4.79 Å². The van der Waals surface area contributed by atoms with Gasteiger partial charge >= 0.3 is 0 Å². The number of piperidine rings is 1. The highest BCUT2D eigenvalue weighted by Crippen LogP contribution is 2.32. The Bertz CT molecular complexity index is 633. The summed E-state index contributed by atoms with van der Waals surface area (Å²) in [6.45, 7) is 6.61. The Morgan fingerprint density at radius 3 is 2.24 bits per heavy atom. The Labute approximate surface area is 160 Å². The number of rotatable bonds is 1. The fraction of sp³-hybridized carbons (Fsp3) is 0.632. The van der Waals surface area contributed by atoms with Crippen LogP contribution >= 0.6 is 23.2 Å². The molecule has 1 aromatic carbocycles. The van der Waals surface area contributed by atoms with Crippen LogP contribution < -0.4 is 0 Å². The fourth-order valence-electron chi connectivity index (χ4n) is 3.99. The minimum atomic E-state index is 0.0393. The van der Waals surface area contributed by atoms with E-state index < -0.39 is 0 Å². The van der Waals surface area contributed by atoms with E-state index in [1.165, 1.54) is 0 Å². The van der Waals surface area contributed by atoms with Gasteiger partial charge in [0, 0.05) is 40.8 Å². The highest BCUT2D eigenvalue weighted by atomic mass is 35.5. The summed E-state index contributed by atoms with van der Waals surface area (Å²) in [6, 6.07) is 3.50. The van der Waals surface area contributed by atoms with Gasteiger partial charge in [-0.25, -0.2) is 0 Å². The number of benzene rings is 1. The third-order valence-corrected chi connectivity index (χ3v) is 6.73. The predicted octanol–water partition coefficient (Wildman–Crippen LogP) is 3.54. The quantitative estimate of drug-likeness (QED) is 0.741. The number of carbonyl (C=O) groups is 1. The van der Waals surface area contributed by atoms with Gasteiger partial charge in [0.05, 0.1) is 0 Å². The van der Waals surface area contributed by atoms with Crippen LogP contribution in [0.5, 0.6) is 0 Å². The molecule has 1 aromatic rings. The molecule has 0 bridgehead atoms. The molecule has 2 fully saturated rings. The Morgan fingerprint density at radius 1 is 1.04 bits per heavy atom. The van der Waals surface area contributed by atoms with Crippen molar-refractivity contribution in [3.63, 3.8) is 0 Å². The van der Waals surface area contributed by atoms with Crippen LogP contribution in [0.3, 0.4) is 0 Å². The first kappa shape index (κ1) is 19.0. The van der Waals surface area contributed by atoms with Crippen LogP contribution in [-0.4, -0.2) is 73.0 Å². The molecule has 6 heteroatoms. The van der Waals surface area contributed by atoms with Gasteiger partial charge in [-0.2, -0.15) is 0 Å². The van der Waals surface area contributed by atoms with Gasteiger partial charge in [-0.3, -0.25) is 9.69 Å². The number of likely N-dealkylation sites (tertiary alicyclic amines) is 1. The summed E-state index contributed by atoms with van der Waals surface area (Å²) in [5.74, 6) is 0.0393. The highest BCUT2D eigenvalue weighted by Gasteiger charge is 2.41. The Kier molecular flexibility index (Phi) is 5.64. The Hall–Kier alpha value is -0.810. The lowest BCUT2D eigenvalue weighted by atomic mass is 9.85. The number of halogens is 2. The molecule has 0 N–H and O–H groups in total. The number of likely N-dealkylation sites (N-methyl/N-ethyl adjacent to an activating group) is 1. The molecule has 4 nitrogen and oxygen atoms in total. The maximum atomic E-state index is 13.1. The molecule has 25 heavy (non-hydrogen) atoms. The van der Waals surface area contributed by atoms with E-state index in [4.69, 9.17) is 23.2 Å². The Morgan fingerprint density at radius 2 is 1.64 bits per heavy atom. The third kappa shape index (κ3) is 3.82. The van der Waals surface area contributed by atoms with Crippen molar-refractivity contribution in [2.24, 2.45) is 0 Å². The molecular formula is C19H27Cl2N3O. The second kappa shape index (κ2) is 7.43. The number of amides is 1. The lowest BCUT2D eigenvalue weighted by Gasteiger charge is -2.47. The average molecular weight is 384 g/mol. The topological polar surface area (TPSA) is 26.8 Å². The number of carbonyl (C=O) groups excluding carboxylic acids is 1. The molecule has 3 rings (SSSR count). The van der Waals surface area contributed by atoms with Crippen molar-refractivity contribution in [1.82, 2.24) is 14.7 Å². The number of nitrogens with zero attached hydrogens (tertiary/aromatic N) is 3. The SMILES string of the molecule is Cc1c(Cl)cc(C(=O)N2CCCN(C)C3(CCN(C)CC3)C2)cc1Cl. The molecule has 1 amide bonds. The predicted molar refractivity (Wildman–Crippen MR) is 104 cm³/mol. The Balaban J connectivity index is 1.85. The average Bonchev–Trinajstić information content (AvgIpc) is 2.74. The van der Waals surface area contributed by atoms with Crippen LogP contribution in [0.4, 0.5) is 0 Å². The van der Waals surface area contributed by atoms with E-state index in [0.717, 1.165) is 57.5 Å². The smallest absolute Gasteiger partial charge is 0.254 e. The van der Waals surface area contributed by atoms with E-state index >= 15 is 0 Å². The minimum absolute atomic E-state index is 0.0393. The maximum absolute atomic E-state index is 13.1. The van der Waals surface area contributed by atoms with E-state index in [9.17, 15) is 4.79 Å². The minimum Gasteiger partial charge on any atom is -0.337 e. The molecule has 2 aliphatic heterocycles. The van der Waals surface area contributed by atoms with E-state index in [0.29, 0.717) is 15.6 Å². The zero-order valence-corrected chi connectivity index (χ0v) is 16.8. The van der Waals surface area contributed by atoms with Crippen LogP contribution in [0.2, 0.25) is 10.0 Å². The summed E-state index contributed by atoms with van der Waals surface area (Å²) in [5.41, 5.74) is 1.49. The molecule has 0 radical (unpaired) electrons. The first-order valence-corrected chi connectivity index (χ1v) is 9.73. The van der Waals surface area contributed by atoms with Crippen molar-refractivity contribution in [1.29, 1.82) is 0 Å². The second-order valence-corrected chi connectivity index (χ2v) is 8.41. The van der Waals surface area contributed by atoms with E-state index in [2.05, 4.69) is 23.9 Å². The molecule has 0 aromatic heterocycles. The monoisotopic (exact) mass is 383 g/mol. The molecule has 2 heterocycles. The normalized spacial score (nSPS) is 22.2. The maximum Gasteiger partial charge on any atom is 0.254 e. The lowest BCUT2D eigenvalue weighted by Crippen LogP contribution is -2.58. The third-order valence-electron chi connectivity index (χ3n) is 5.95. The van der Waals surface area contributed by atoms with Gasteiger partial charge in [0.25, 0.3) is 5.91 Å².